The van der Waals surface area contributed by atoms with Gasteiger partial charge < -0.3 is 10.1 Å². The number of hydrogen-bond donors (Lipinski definition) is 1. The summed E-state index contributed by atoms with van der Waals surface area (Å²) in [6.45, 7) is 2.71. The number of nitrogens with two attached hydrogens (primary N) is 1. The van der Waals surface area contributed by atoms with Crippen LogP contribution in [-0.4, -0.2) is 20.9 Å². The number of fused-ring (bicyclic) bond motifs is 1. The van der Waals surface area contributed by atoms with Crippen LogP contribution < -0.4 is 5.73 Å². The minimum absolute atomic E-state index is 0.707. The summed E-state index contributed by atoms with van der Waals surface area (Å²) in [5.41, 5.74) is 7.67. The van der Waals surface area contributed by atoms with E-state index in [1.165, 1.54) is 0 Å². The molecule has 0 aliphatic rings. The van der Waals surface area contributed by atoms with Gasteiger partial charge in [0.1, 0.15) is 5.82 Å². The van der Waals surface area contributed by atoms with Gasteiger partial charge in [0, 0.05) is 12.4 Å². The lowest BCUT2D eigenvalue weighted by atomic mass is 10.2. The first-order valence-corrected chi connectivity index (χ1v) is 4.80. The molecule has 0 fully saturated rings. The van der Waals surface area contributed by atoms with Crippen LogP contribution in [0.15, 0.2) is 18.6 Å². The molecule has 0 saturated heterocycles. The van der Waals surface area contributed by atoms with Crippen LogP contribution in [0.3, 0.4) is 0 Å². The molecule has 0 aliphatic carbocycles. The number of rotatable bonds is 3. The molecular formula is C10H14N4. The lowest BCUT2D eigenvalue weighted by molar-refractivity contribution is 0.817. The van der Waals surface area contributed by atoms with Gasteiger partial charge in [-0.15, -0.1) is 0 Å². The second kappa shape index (κ2) is 3.75. The fourth-order valence-electron chi connectivity index (χ4n) is 1.62. The van der Waals surface area contributed by atoms with Crippen molar-refractivity contribution >= 4 is 5.52 Å². The summed E-state index contributed by atoms with van der Waals surface area (Å²) in [6.07, 6.45) is 7.46. The molecule has 0 atom stereocenters. The van der Waals surface area contributed by atoms with Crippen LogP contribution in [0, 0.1) is 6.92 Å². The van der Waals surface area contributed by atoms with E-state index in [0.717, 1.165) is 29.9 Å². The predicted octanol–water partition coefficient (Wildman–Crippen LogP) is 0.929. The summed E-state index contributed by atoms with van der Waals surface area (Å²) >= 11 is 0. The Balaban J connectivity index is 2.44. The van der Waals surface area contributed by atoms with E-state index >= 15 is 0 Å². The van der Waals surface area contributed by atoms with Gasteiger partial charge in [0.15, 0.2) is 0 Å². The minimum atomic E-state index is 0.707. The monoisotopic (exact) mass is 190 g/mol. The molecule has 2 aromatic rings. The van der Waals surface area contributed by atoms with E-state index < -0.39 is 0 Å². The molecule has 2 heterocycles. The zero-order valence-electron chi connectivity index (χ0n) is 8.27. The third-order valence-electron chi connectivity index (χ3n) is 2.32. The van der Waals surface area contributed by atoms with Crippen LogP contribution in [0.1, 0.15) is 17.9 Å². The Bertz CT molecular complexity index is 433. The van der Waals surface area contributed by atoms with Crippen molar-refractivity contribution in [1.29, 1.82) is 0 Å². The highest BCUT2D eigenvalue weighted by Gasteiger charge is 2.06. The van der Waals surface area contributed by atoms with Gasteiger partial charge in [-0.05, 0) is 26.3 Å². The van der Waals surface area contributed by atoms with Crippen LogP contribution in [0.25, 0.3) is 5.52 Å². The molecule has 0 aromatic carbocycles. The first-order valence-electron chi connectivity index (χ1n) is 4.80. The van der Waals surface area contributed by atoms with Crippen molar-refractivity contribution in [2.75, 3.05) is 6.54 Å². The minimum Gasteiger partial charge on any atom is -0.330 e. The highest BCUT2D eigenvalue weighted by molar-refractivity contribution is 5.51. The number of nitrogens with zero attached hydrogens (tertiary/aromatic N) is 3. The average Bonchev–Trinajstić information content (AvgIpc) is 2.54. The second-order valence-electron chi connectivity index (χ2n) is 3.33. The summed E-state index contributed by atoms with van der Waals surface area (Å²) in [7, 11) is 0. The van der Waals surface area contributed by atoms with Crippen LogP contribution >= 0.6 is 0 Å². The van der Waals surface area contributed by atoms with E-state index in [1.54, 1.807) is 6.20 Å². The van der Waals surface area contributed by atoms with Crippen molar-refractivity contribution in [2.45, 2.75) is 19.8 Å². The molecule has 0 amide bonds. The van der Waals surface area contributed by atoms with Crippen molar-refractivity contribution in [2.24, 2.45) is 5.73 Å². The Kier molecular flexibility index (Phi) is 2.45. The van der Waals surface area contributed by atoms with E-state index in [0.29, 0.717) is 6.54 Å². The summed E-state index contributed by atoms with van der Waals surface area (Å²) in [4.78, 5) is 8.60. The molecule has 74 valence electrons. The zero-order valence-corrected chi connectivity index (χ0v) is 8.27. The van der Waals surface area contributed by atoms with E-state index in [1.807, 2.05) is 19.3 Å². The predicted molar refractivity (Wildman–Crippen MR) is 55.1 cm³/mol. The fraction of sp³-hybridized carbons (Fsp3) is 0.400. The molecule has 2 aromatic heterocycles. The number of hydrogen-bond acceptors (Lipinski definition) is 3. The van der Waals surface area contributed by atoms with Gasteiger partial charge in [-0.3, -0.25) is 4.98 Å². The first kappa shape index (κ1) is 9.15. The standard InChI is InChI=1S/C10H14N4/c1-8-13-9(3-2-4-11)10-7-12-5-6-14(8)10/h5-7H,2-4,11H2,1H3. The first-order chi connectivity index (χ1) is 6.83. The molecule has 0 bridgehead atoms. The van der Waals surface area contributed by atoms with Gasteiger partial charge in [0.05, 0.1) is 17.4 Å². The van der Waals surface area contributed by atoms with E-state index in [-0.39, 0.29) is 0 Å². The zero-order chi connectivity index (χ0) is 9.97. The maximum absolute atomic E-state index is 5.48. The molecule has 0 unspecified atom stereocenters. The van der Waals surface area contributed by atoms with Gasteiger partial charge in [-0.25, -0.2) is 4.98 Å². The second-order valence-corrected chi connectivity index (χ2v) is 3.33. The molecule has 2 N–H and O–H groups in total. The average molecular weight is 190 g/mol. The third kappa shape index (κ3) is 1.48. The molecule has 4 nitrogen and oxygen atoms in total. The molecule has 0 radical (unpaired) electrons. The summed E-state index contributed by atoms with van der Waals surface area (Å²) in [5, 5.41) is 0. The molecule has 2 rings (SSSR count). The van der Waals surface area contributed by atoms with Gasteiger partial charge in [0.25, 0.3) is 0 Å². The Morgan fingerprint density at radius 1 is 1.50 bits per heavy atom. The highest BCUT2D eigenvalue weighted by Crippen LogP contribution is 2.12. The Morgan fingerprint density at radius 3 is 3.14 bits per heavy atom. The van der Waals surface area contributed by atoms with Crippen molar-refractivity contribution in [3.05, 3.63) is 30.1 Å². The highest BCUT2D eigenvalue weighted by atomic mass is 15.0. The molecule has 14 heavy (non-hydrogen) atoms. The van der Waals surface area contributed by atoms with Gasteiger partial charge in [-0.1, -0.05) is 0 Å². The lowest BCUT2D eigenvalue weighted by Gasteiger charge is -1.95. The fourth-order valence-corrected chi connectivity index (χ4v) is 1.62. The Hall–Kier alpha value is -1.42. The Labute approximate surface area is 82.8 Å². The normalized spacial score (nSPS) is 11.0. The number of aryl methyl sites for hydroxylation is 2. The van der Waals surface area contributed by atoms with Gasteiger partial charge in [-0.2, -0.15) is 0 Å². The maximum Gasteiger partial charge on any atom is 0.110 e. The van der Waals surface area contributed by atoms with Gasteiger partial charge >= 0.3 is 0 Å². The van der Waals surface area contributed by atoms with Crippen LogP contribution in [0.4, 0.5) is 0 Å². The maximum atomic E-state index is 5.48. The van der Waals surface area contributed by atoms with Crippen molar-refractivity contribution < 1.29 is 0 Å². The summed E-state index contributed by atoms with van der Waals surface area (Å²) in [5.74, 6) is 1.01. The largest absolute Gasteiger partial charge is 0.330 e. The summed E-state index contributed by atoms with van der Waals surface area (Å²) in [6, 6.07) is 0. The smallest absolute Gasteiger partial charge is 0.110 e. The van der Waals surface area contributed by atoms with E-state index in [2.05, 4.69) is 14.4 Å². The van der Waals surface area contributed by atoms with Crippen LogP contribution in [0.2, 0.25) is 0 Å². The van der Waals surface area contributed by atoms with Crippen LogP contribution in [-0.2, 0) is 6.42 Å². The van der Waals surface area contributed by atoms with Crippen molar-refractivity contribution in [3.63, 3.8) is 0 Å². The molecule has 4 heteroatoms. The van der Waals surface area contributed by atoms with Crippen LogP contribution in [0.5, 0.6) is 0 Å². The van der Waals surface area contributed by atoms with Gasteiger partial charge in [0.2, 0.25) is 0 Å². The topological polar surface area (TPSA) is 56.2 Å². The molecule has 0 saturated carbocycles. The summed E-state index contributed by atoms with van der Waals surface area (Å²) < 4.78 is 2.05. The lowest BCUT2D eigenvalue weighted by Crippen LogP contribution is -2.00. The van der Waals surface area contributed by atoms with E-state index in [4.69, 9.17) is 5.73 Å². The molecule has 0 spiro atoms. The third-order valence-corrected chi connectivity index (χ3v) is 2.32. The van der Waals surface area contributed by atoms with E-state index in [9.17, 15) is 0 Å². The number of aromatic nitrogens is 3. The van der Waals surface area contributed by atoms with Crippen molar-refractivity contribution in [1.82, 2.24) is 14.4 Å². The Morgan fingerprint density at radius 2 is 2.36 bits per heavy atom. The molecule has 0 aliphatic heterocycles. The SMILES string of the molecule is Cc1nc(CCCN)c2cnccn12. The quantitative estimate of drug-likeness (QED) is 0.783. The molecular weight excluding hydrogens is 176 g/mol. The number of imidazole rings is 1. The van der Waals surface area contributed by atoms with Crippen molar-refractivity contribution in [3.8, 4) is 0 Å².